The van der Waals surface area contributed by atoms with E-state index in [0.29, 0.717) is 4.24 Å². The number of aryl methyl sites for hydroxylation is 2. The molecule has 0 spiro atoms. The Labute approximate surface area is 125 Å². The molecule has 1 aromatic carbocycles. The average molecular weight is 310 g/mol. The van der Waals surface area contributed by atoms with Crippen LogP contribution in [0.4, 0.5) is 0 Å². The highest BCUT2D eigenvalue weighted by Crippen LogP contribution is 2.54. The first kappa shape index (κ1) is 15.0. The second kappa shape index (κ2) is 5.93. The SMILES string of the molecule is COC(=O)C(C(=O)OC)=C1Sc2c(C)ccc(C)c2S1. The zero-order chi connectivity index (χ0) is 14.9. The molecule has 0 bridgehead atoms. The van der Waals surface area contributed by atoms with Gasteiger partial charge in [-0.1, -0.05) is 35.7 Å². The third-order valence-corrected chi connectivity index (χ3v) is 5.75. The van der Waals surface area contributed by atoms with E-state index >= 15 is 0 Å². The summed E-state index contributed by atoms with van der Waals surface area (Å²) in [6.07, 6.45) is 0. The van der Waals surface area contributed by atoms with Crippen LogP contribution in [-0.4, -0.2) is 26.2 Å². The molecule has 4 nitrogen and oxygen atoms in total. The molecule has 20 heavy (non-hydrogen) atoms. The van der Waals surface area contributed by atoms with Crippen LogP contribution in [0.5, 0.6) is 0 Å². The summed E-state index contributed by atoms with van der Waals surface area (Å²) in [6, 6.07) is 4.06. The Morgan fingerprint density at radius 3 is 1.65 bits per heavy atom. The van der Waals surface area contributed by atoms with Gasteiger partial charge in [0.15, 0.2) is 5.57 Å². The van der Waals surface area contributed by atoms with E-state index in [1.807, 2.05) is 26.0 Å². The van der Waals surface area contributed by atoms with E-state index in [9.17, 15) is 9.59 Å². The van der Waals surface area contributed by atoms with E-state index in [-0.39, 0.29) is 5.57 Å². The first-order valence-electron chi connectivity index (χ1n) is 5.86. The van der Waals surface area contributed by atoms with E-state index in [1.165, 1.54) is 37.7 Å². The van der Waals surface area contributed by atoms with Gasteiger partial charge in [-0.15, -0.1) is 0 Å². The summed E-state index contributed by atoms with van der Waals surface area (Å²) < 4.78 is 9.97. The van der Waals surface area contributed by atoms with Gasteiger partial charge in [-0.3, -0.25) is 0 Å². The molecule has 1 aliphatic rings. The fraction of sp³-hybridized carbons (Fsp3) is 0.286. The van der Waals surface area contributed by atoms with E-state index in [2.05, 4.69) is 9.47 Å². The lowest BCUT2D eigenvalue weighted by molar-refractivity contribution is -0.144. The Morgan fingerprint density at radius 1 is 0.900 bits per heavy atom. The summed E-state index contributed by atoms with van der Waals surface area (Å²) >= 11 is 2.83. The fourth-order valence-electron chi connectivity index (χ4n) is 1.78. The maximum Gasteiger partial charge on any atom is 0.347 e. The number of benzene rings is 1. The van der Waals surface area contributed by atoms with Crippen LogP contribution in [0, 0.1) is 13.8 Å². The van der Waals surface area contributed by atoms with Crippen LogP contribution in [0.1, 0.15) is 11.1 Å². The molecule has 0 amide bonds. The van der Waals surface area contributed by atoms with Crippen molar-refractivity contribution in [3.05, 3.63) is 33.1 Å². The molecule has 1 aromatic rings. The van der Waals surface area contributed by atoms with Crippen molar-refractivity contribution in [2.24, 2.45) is 0 Å². The first-order valence-corrected chi connectivity index (χ1v) is 7.49. The Hall–Kier alpha value is -1.40. The molecule has 0 saturated carbocycles. The third kappa shape index (κ3) is 2.58. The number of rotatable bonds is 2. The Morgan fingerprint density at radius 2 is 1.30 bits per heavy atom. The summed E-state index contributed by atoms with van der Waals surface area (Å²) in [4.78, 5) is 25.8. The normalized spacial score (nSPS) is 12.9. The number of methoxy groups -OCH3 is 2. The van der Waals surface area contributed by atoms with Crippen LogP contribution in [0.2, 0.25) is 0 Å². The lowest BCUT2D eigenvalue weighted by atomic mass is 10.2. The van der Waals surface area contributed by atoms with Crippen molar-refractivity contribution in [1.29, 1.82) is 0 Å². The fourth-order valence-corrected chi connectivity index (χ4v) is 4.57. The predicted molar refractivity (Wildman–Crippen MR) is 78.7 cm³/mol. The van der Waals surface area contributed by atoms with Gasteiger partial charge in [0.1, 0.15) is 0 Å². The van der Waals surface area contributed by atoms with Gasteiger partial charge in [0.05, 0.1) is 18.5 Å². The van der Waals surface area contributed by atoms with E-state index in [0.717, 1.165) is 20.9 Å². The first-order chi connectivity index (χ1) is 9.49. The van der Waals surface area contributed by atoms with Crippen LogP contribution >= 0.6 is 23.5 Å². The van der Waals surface area contributed by atoms with Crippen molar-refractivity contribution in [2.75, 3.05) is 14.2 Å². The second-order valence-electron chi connectivity index (χ2n) is 4.21. The van der Waals surface area contributed by atoms with Crippen LogP contribution in [0.3, 0.4) is 0 Å². The molecule has 0 saturated heterocycles. The number of fused-ring (bicyclic) bond motifs is 1. The smallest absolute Gasteiger partial charge is 0.347 e. The highest BCUT2D eigenvalue weighted by Gasteiger charge is 2.31. The van der Waals surface area contributed by atoms with Gasteiger partial charge >= 0.3 is 11.9 Å². The lowest BCUT2D eigenvalue weighted by Gasteiger charge is -2.05. The van der Waals surface area contributed by atoms with E-state index in [4.69, 9.17) is 0 Å². The maximum atomic E-state index is 11.8. The van der Waals surface area contributed by atoms with Crippen LogP contribution in [0.15, 0.2) is 31.7 Å². The number of thioether (sulfide) groups is 2. The van der Waals surface area contributed by atoms with E-state index < -0.39 is 11.9 Å². The van der Waals surface area contributed by atoms with Crippen molar-refractivity contribution in [1.82, 2.24) is 0 Å². The molecule has 0 aliphatic carbocycles. The largest absolute Gasteiger partial charge is 0.465 e. The molecule has 6 heteroatoms. The number of hydrogen-bond acceptors (Lipinski definition) is 6. The van der Waals surface area contributed by atoms with Crippen molar-refractivity contribution in [3.63, 3.8) is 0 Å². The van der Waals surface area contributed by atoms with Crippen LogP contribution < -0.4 is 0 Å². The number of esters is 2. The molecule has 1 heterocycles. The molecule has 0 atom stereocenters. The van der Waals surface area contributed by atoms with Crippen molar-refractivity contribution < 1.29 is 19.1 Å². The summed E-state index contributed by atoms with van der Waals surface area (Å²) in [5, 5.41) is 0. The minimum atomic E-state index is -0.671. The zero-order valence-corrected chi connectivity index (χ0v) is 13.2. The van der Waals surface area contributed by atoms with Crippen molar-refractivity contribution in [2.45, 2.75) is 23.6 Å². The van der Waals surface area contributed by atoms with Gasteiger partial charge in [0.25, 0.3) is 0 Å². The lowest BCUT2D eigenvalue weighted by Crippen LogP contribution is -2.16. The minimum Gasteiger partial charge on any atom is -0.465 e. The maximum absolute atomic E-state index is 11.8. The molecular formula is C14H14O4S2. The molecule has 0 unspecified atom stereocenters. The Balaban J connectivity index is 2.52. The van der Waals surface area contributed by atoms with Gasteiger partial charge in [0, 0.05) is 9.79 Å². The van der Waals surface area contributed by atoms with Gasteiger partial charge in [-0.2, -0.15) is 0 Å². The quantitative estimate of drug-likeness (QED) is 0.362. The average Bonchev–Trinajstić information content (AvgIpc) is 2.88. The van der Waals surface area contributed by atoms with Gasteiger partial charge < -0.3 is 9.47 Å². The number of carbonyl (C=O) groups excluding carboxylic acids is 2. The predicted octanol–water partition coefficient (Wildman–Crippen LogP) is 3.06. The van der Waals surface area contributed by atoms with Gasteiger partial charge in [-0.05, 0) is 25.0 Å². The Bertz CT molecular complexity index is 569. The minimum absolute atomic E-state index is 0.0417. The van der Waals surface area contributed by atoms with Gasteiger partial charge in [0.2, 0.25) is 0 Å². The molecule has 2 rings (SSSR count). The van der Waals surface area contributed by atoms with Gasteiger partial charge in [-0.25, -0.2) is 9.59 Å². The molecule has 106 valence electrons. The molecular weight excluding hydrogens is 296 g/mol. The summed E-state index contributed by atoms with van der Waals surface area (Å²) in [7, 11) is 2.50. The number of ether oxygens (including phenoxy) is 2. The second-order valence-corrected chi connectivity index (χ2v) is 6.51. The summed E-state index contributed by atoms with van der Waals surface area (Å²) in [6.45, 7) is 4.01. The standard InChI is InChI=1S/C14H14O4S2/c1-7-5-6-8(2)11-10(7)19-14(20-11)9(12(15)17-3)13(16)18-4/h5-6H,1-4H3. The van der Waals surface area contributed by atoms with Crippen molar-refractivity contribution in [3.8, 4) is 0 Å². The van der Waals surface area contributed by atoms with Crippen LogP contribution in [-0.2, 0) is 19.1 Å². The monoisotopic (exact) mass is 310 g/mol. The molecule has 0 aromatic heterocycles. The molecule has 0 fully saturated rings. The highest BCUT2D eigenvalue weighted by molar-refractivity contribution is 8.24. The molecule has 0 N–H and O–H groups in total. The molecule has 1 aliphatic heterocycles. The van der Waals surface area contributed by atoms with E-state index in [1.54, 1.807) is 0 Å². The third-order valence-electron chi connectivity index (χ3n) is 2.88. The molecule has 0 radical (unpaired) electrons. The summed E-state index contributed by atoms with van der Waals surface area (Å²) in [5.41, 5.74) is 2.19. The van der Waals surface area contributed by atoms with Crippen LogP contribution in [0.25, 0.3) is 0 Å². The summed E-state index contributed by atoms with van der Waals surface area (Å²) in [5.74, 6) is -1.34. The number of carbonyl (C=O) groups is 2. The zero-order valence-electron chi connectivity index (χ0n) is 11.6. The highest BCUT2D eigenvalue weighted by atomic mass is 32.2. The topological polar surface area (TPSA) is 52.6 Å². The Kier molecular flexibility index (Phi) is 4.45. The number of hydrogen-bond donors (Lipinski definition) is 0. The van der Waals surface area contributed by atoms with Crippen molar-refractivity contribution >= 4 is 35.5 Å².